The van der Waals surface area contributed by atoms with Crippen molar-refractivity contribution in [1.82, 2.24) is 0 Å². The highest BCUT2D eigenvalue weighted by molar-refractivity contribution is 9.10. The summed E-state index contributed by atoms with van der Waals surface area (Å²) in [5.74, 6) is 0. The lowest BCUT2D eigenvalue weighted by Crippen LogP contribution is -2.27. The molecule has 0 bridgehead atoms. The second-order valence-electron chi connectivity index (χ2n) is 5.14. The smallest absolute Gasteiger partial charge is 0.0762 e. The topological polar surface area (TPSA) is 23.5 Å². The van der Waals surface area contributed by atoms with Crippen molar-refractivity contribution in [3.05, 3.63) is 28.2 Å². The maximum Gasteiger partial charge on any atom is 0.0762 e. The molecule has 1 atom stereocenters. The van der Waals surface area contributed by atoms with Gasteiger partial charge in [-0.15, -0.1) is 0 Å². The molecule has 0 radical (unpaired) electrons. The van der Waals surface area contributed by atoms with Gasteiger partial charge in [0.05, 0.1) is 11.8 Å². The number of hydrogen-bond donors (Lipinski definition) is 1. The van der Waals surface area contributed by atoms with Gasteiger partial charge in [0, 0.05) is 17.6 Å². The average molecular weight is 312 g/mol. The fourth-order valence-corrected chi connectivity index (χ4v) is 3.18. The van der Waals surface area contributed by atoms with Crippen molar-refractivity contribution < 1.29 is 5.11 Å². The van der Waals surface area contributed by atoms with Gasteiger partial charge in [-0.3, -0.25) is 0 Å². The van der Waals surface area contributed by atoms with Gasteiger partial charge in [0.2, 0.25) is 0 Å². The molecule has 1 N–H and O–H groups in total. The number of anilines is 1. The van der Waals surface area contributed by atoms with Crippen LogP contribution in [0.3, 0.4) is 0 Å². The Morgan fingerprint density at radius 1 is 1.11 bits per heavy atom. The molecule has 0 unspecified atom stereocenters. The molecular formula is C15H22BrNO. The summed E-state index contributed by atoms with van der Waals surface area (Å²) in [6.07, 6.45) is 6.24. The van der Waals surface area contributed by atoms with E-state index < -0.39 is 6.10 Å². The summed E-state index contributed by atoms with van der Waals surface area (Å²) in [7, 11) is 0. The number of aliphatic hydroxyl groups is 1. The molecule has 1 fully saturated rings. The van der Waals surface area contributed by atoms with Gasteiger partial charge in [0.25, 0.3) is 0 Å². The van der Waals surface area contributed by atoms with Crippen molar-refractivity contribution in [2.75, 3.05) is 18.0 Å². The lowest BCUT2D eigenvalue weighted by Gasteiger charge is -2.28. The van der Waals surface area contributed by atoms with Crippen molar-refractivity contribution >= 4 is 21.6 Å². The Morgan fingerprint density at radius 2 is 1.72 bits per heavy atom. The Morgan fingerprint density at radius 3 is 2.28 bits per heavy atom. The lowest BCUT2D eigenvalue weighted by atomic mass is 10.1. The minimum Gasteiger partial charge on any atom is -0.389 e. The van der Waals surface area contributed by atoms with Gasteiger partial charge in [0.15, 0.2) is 0 Å². The van der Waals surface area contributed by atoms with Gasteiger partial charge in [-0.25, -0.2) is 0 Å². The van der Waals surface area contributed by atoms with Crippen LogP contribution in [0.1, 0.15) is 50.7 Å². The molecule has 1 saturated heterocycles. The molecule has 0 aromatic heterocycles. The van der Waals surface area contributed by atoms with Gasteiger partial charge in [-0.2, -0.15) is 0 Å². The van der Waals surface area contributed by atoms with Crippen molar-refractivity contribution in [3.63, 3.8) is 0 Å². The second-order valence-corrected chi connectivity index (χ2v) is 6.00. The molecule has 1 aromatic rings. The summed E-state index contributed by atoms with van der Waals surface area (Å²) in [5.41, 5.74) is 2.24. The summed E-state index contributed by atoms with van der Waals surface area (Å²) in [4.78, 5) is 2.47. The lowest BCUT2D eigenvalue weighted by molar-refractivity contribution is 0.199. The van der Waals surface area contributed by atoms with Crippen molar-refractivity contribution in [1.29, 1.82) is 0 Å². The first-order chi connectivity index (χ1) is 8.68. The number of halogens is 1. The monoisotopic (exact) mass is 311 g/mol. The minimum absolute atomic E-state index is 0.400. The van der Waals surface area contributed by atoms with E-state index in [0.29, 0.717) is 0 Å². The molecule has 100 valence electrons. The fourth-order valence-electron chi connectivity index (χ4n) is 2.53. The molecule has 0 amide bonds. The van der Waals surface area contributed by atoms with Crippen molar-refractivity contribution in [3.8, 4) is 0 Å². The van der Waals surface area contributed by atoms with Crippen LogP contribution in [0, 0.1) is 0 Å². The molecule has 2 nitrogen and oxygen atoms in total. The molecule has 3 heteroatoms. The van der Waals surface area contributed by atoms with Gasteiger partial charge in [0.1, 0.15) is 0 Å². The summed E-state index contributed by atoms with van der Waals surface area (Å²) >= 11 is 3.64. The molecule has 1 heterocycles. The highest BCUT2D eigenvalue weighted by atomic mass is 79.9. The third-order valence-electron chi connectivity index (χ3n) is 3.65. The predicted octanol–water partition coefficient (Wildman–Crippen LogP) is 4.27. The van der Waals surface area contributed by atoms with Crippen LogP contribution in [0.25, 0.3) is 0 Å². The molecule has 1 aliphatic rings. The fraction of sp³-hybridized carbons (Fsp3) is 0.600. The number of aliphatic hydroxyl groups excluding tert-OH is 1. The van der Waals surface area contributed by atoms with E-state index >= 15 is 0 Å². The standard InChI is InChI=1S/C15H22BrNO/c1-12(18)13-7-8-15(14(16)11-13)17-9-5-3-2-4-6-10-17/h7-8,11-12,18H,2-6,9-10H2,1H3/t12-/m1/s1. The number of benzene rings is 1. The average Bonchev–Trinajstić information content (AvgIpc) is 2.29. The number of nitrogens with zero attached hydrogens (tertiary/aromatic N) is 1. The van der Waals surface area contributed by atoms with Crippen molar-refractivity contribution in [2.45, 2.75) is 45.1 Å². The highest BCUT2D eigenvalue weighted by Gasteiger charge is 2.13. The van der Waals surface area contributed by atoms with Crippen LogP contribution in [0.4, 0.5) is 5.69 Å². The van der Waals surface area contributed by atoms with E-state index in [1.165, 1.54) is 37.8 Å². The summed E-state index contributed by atoms with van der Waals surface area (Å²) < 4.78 is 1.10. The first kappa shape index (κ1) is 13.9. The summed E-state index contributed by atoms with van der Waals surface area (Å²) in [6.45, 7) is 4.09. The Hall–Kier alpha value is -0.540. The predicted molar refractivity (Wildman–Crippen MR) is 80.1 cm³/mol. The maximum atomic E-state index is 9.60. The van der Waals surface area contributed by atoms with E-state index in [1.807, 2.05) is 12.1 Å². The minimum atomic E-state index is -0.400. The Bertz CT molecular complexity index is 384. The number of hydrogen-bond acceptors (Lipinski definition) is 2. The third kappa shape index (κ3) is 3.48. The van der Waals surface area contributed by atoms with Crippen LogP contribution in [-0.2, 0) is 0 Å². The number of rotatable bonds is 2. The van der Waals surface area contributed by atoms with Crippen LogP contribution < -0.4 is 4.90 Å². The summed E-state index contributed by atoms with van der Waals surface area (Å²) in [6, 6.07) is 6.20. The zero-order valence-corrected chi connectivity index (χ0v) is 12.6. The van der Waals surface area contributed by atoms with Crippen LogP contribution in [-0.4, -0.2) is 18.2 Å². The Kier molecular flexibility index (Phi) is 5.07. The third-order valence-corrected chi connectivity index (χ3v) is 4.29. The van der Waals surface area contributed by atoms with E-state index in [0.717, 1.165) is 23.1 Å². The van der Waals surface area contributed by atoms with E-state index in [1.54, 1.807) is 6.92 Å². The molecule has 1 aromatic carbocycles. The Balaban J connectivity index is 2.15. The van der Waals surface area contributed by atoms with E-state index in [9.17, 15) is 5.11 Å². The Labute approximate surface area is 118 Å². The van der Waals surface area contributed by atoms with E-state index in [-0.39, 0.29) is 0 Å². The van der Waals surface area contributed by atoms with E-state index in [4.69, 9.17) is 0 Å². The molecule has 18 heavy (non-hydrogen) atoms. The molecule has 0 spiro atoms. The molecule has 2 rings (SSSR count). The molecular weight excluding hydrogens is 290 g/mol. The maximum absolute atomic E-state index is 9.60. The first-order valence-corrected chi connectivity index (χ1v) is 7.70. The second kappa shape index (κ2) is 6.58. The van der Waals surface area contributed by atoms with Crippen LogP contribution >= 0.6 is 15.9 Å². The molecule has 0 saturated carbocycles. The molecule has 1 aliphatic heterocycles. The van der Waals surface area contributed by atoms with Gasteiger partial charge in [-0.05, 0) is 53.4 Å². The summed E-state index contributed by atoms with van der Waals surface area (Å²) in [5, 5.41) is 9.60. The SMILES string of the molecule is C[C@@H](O)c1ccc(N2CCCCCCC2)c(Br)c1. The zero-order chi connectivity index (χ0) is 13.0. The van der Waals surface area contributed by atoms with Crippen LogP contribution in [0.5, 0.6) is 0 Å². The van der Waals surface area contributed by atoms with Crippen molar-refractivity contribution in [2.24, 2.45) is 0 Å². The van der Waals surface area contributed by atoms with Crippen LogP contribution in [0.2, 0.25) is 0 Å². The van der Waals surface area contributed by atoms with Gasteiger partial charge in [-0.1, -0.05) is 25.3 Å². The zero-order valence-electron chi connectivity index (χ0n) is 11.0. The van der Waals surface area contributed by atoms with Crippen LogP contribution in [0.15, 0.2) is 22.7 Å². The molecule has 0 aliphatic carbocycles. The van der Waals surface area contributed by atoms with Gasteiger partial charge < -0.3 is 10.0 Å². The largest absolute Gasteiger partial charge is 0.389 e. The normalized spacial score (nSPS) is 19.2. The van der Waals surface area contributed by atoms with Gasteiger partial charge >= 0.3 is 0 Å². The van der Waals surface area contributed by atoms with E-state index in [2.05, 4.69) is 26.9 Å². The highest BCUT2D eigenvalue weighted by Crippen LogP contribution is 2.30. The quantitative estimate of drug-likeness (QED) is 0.881. The first-order valence-electron chi connectivity index (χ1n) is 6.91.